The fourth-order valence-corrected chi connectivity index (χ4v) is 3.65. The summed E-state index contributed by atoms with van der Waals surface area (Å²) in [5.74, 6) is -2.19. The number of halogens is 2. The van der Waals surface area contributed by atoms with E-state index in [9.17, 15) is 17.6 Å². The Bertz CT molecular complexity index is 775. The highest BCUT2D eigenvalue weighted by Crippen LogP contribution is 2.26. The van der Waals surface area contributed by atoms with E-state index in [2.05, 4.69) is 4.98 Å². The van der Waals surface area contributed by atoms with Gasteiger partial charge in [-0.3, -0.25) is 4.72 Å². The average molecular weight is 337 g/mol. The van der Waals surface area contributed by atoms with Gasteiger partial charge in [0.15, 0.2) is 8.68 Å². The summed E-state index contributed by atoms with van der Waals surface area (Å²) in [5, 5.41) is 8.79. The van der Waals surface area contributed by atoms with Crippen molar-refractivity contribution in [1.82, 2.24) is 4.98 Å². The van der Waals surface area contributed by atoms with Crippen molar-refractivity contribution in [2.24, 2.45) is 0 Å². The predicted molar refractivity (Wildman–Crippen MR) is 71.3 cm³/mol. The summed E-state index contributed by atoms with van der Waals surface area (Å²) >= 11 is 6.23. The van der Waals surface area contributed by atoms with Gasteiger partial charge in [0, 0.05) is 0 Å². The second kappa shape index (κ2) is 5.35. The summed E-state index contributed by atoms with van der Waals surface area (Å²) in [4.78, 5) is 14.3. The Morgan fingerprint density at radius 1 is 1.45 bits per heavy atom. The number of aromatic nitrogens is 1. The number of hydrogen-bond donors (Lipinski definition) is 2. The zero-order valence-electron chi connectivity index (χ0n) is 9.50. The fraction of sp³-hybridized carbons (Fsp3) is 0. The van der Waals surface area contributed by atoms with Gasteiger partial charge in [0.05, 0.1) is 17.4 Å². The lowest BCUT2D eigenvalue weighted by Crippen LogP contribution is -2.13. The van der Waals surface area contributed by atoms with Crippen molar-refractivity contribution in [1.29, 1.82) is 0 Å². The lowest BCUT2D eigenvalue weighted by molar-refractivity contribution is 0.0697. The molecule has 0 saturated carbocycles. The maximum atomic E-state index is 13.5. The van der Waals surface area contributed by atoms with E-state index in [0.29, 0.717) is 11.3 Å². The molecular formula is C10H6ClFN2O4S2. The number of benzene rings is 1. The molecule has 20 heavy (non-hydrogen) atoms. The third-order valence-electron chi connectivity index (χ3n) is 2.18. The molecule has 1 aromatic carbocycles. The highest BCUT2D eigenvalue weighted by molar-refractivity contribution is 7.94. The van der Waals surface area contributed by atoms with Gasteiger partial charge in [0.1, 0.15) is 5.82 Å². The molecule has 0 radical (unpaired) electrons. The summed E-state index contributed by atoms with van der Waals surface area (Å²) in [5.41, 5.74) is -0.708. The number of nitrogens with zero attached hydrogens (tertiary/aromatic N) is 1. The molecule has 0 aliphatic carbocycles. The minimum absolute atomic E-state index is 0.0186. The quantitative estimate of drug-likeness (QED) is 0.893. The molecule has 0 saturated heterocycles. The summed E-state index contributed by atoms with van der Waals surface area (Å²) < 4.78 is 39.2. The summed E-state index contributed by atoms with van der Waals surface area (Å²) in [6.45, 7) is 0. The van der Waals surface area contributed by atoms with Crippen LogP contribution in [0.1, 0.15) is 10.4 Å². The maximum Gasteiger partial charge on any atom is 0.335 e. The molecule has 0 atom stereocenters. The first-order chi connectivity index (χ1) is 9.29. The SMILES string of the molecule is O=C(O)c1ccc(F)c(NS(=O)(=O)c2cnc(Cl)s2)c1. The molecule has 0 spiro atoms. The molecule has 10 heteroatoms. The zero-order chi connectivity index (χ0) is 14.9. The van der Waals surface area contributed by atoms with Gasteiger partial charge in [-0.15, -0.1) is 0 Å². The number of hydrogen-bond acceptors (Lipinski definition) is 5. The Morgan fingerprint density at radius 3 is 2.70 bits per heavy atom. The van der Waals surface area contributed by atoms with Gasteiger partial charge < -0.3 is 5.11 Å². The van der Waals surface area contributed by atoms with Crippen molar-refractivity contribution in [2.45, 2.75) is 4.21 Å². The highest BCUT2D eigenvalue weighted by Gasteiger charge is 2.20. The Hall–Kier alpha value is -1.71. The second-order valence-corrected chi connectivity index (χ2v) is 7.06. The average Bonchev–Trinajstić information content (AvgIpc) is 2.79. The Labute approximate surface area is 121 Å². The first-order valence-electron chi connectivity index (χ1n) is 4.96. The van der Waals surface area contributed by atoms with Gasteiger partial charge in [-0.1, -0.05) is 22.9 Å². The van der Waals surface area contributed by atoms with E-state index in [1.807, 2.05) is 4.72 Å². The van der Waals surface area contributed by atoms with Gasteiger partial charge in [0.2, 0.25) is 0 Å². The van der Waals surface area contributed by atoms with Gasteiger partial charge in [-0.2, -0.15) is 0 Å². The number of sulfonamides is 1. The van der Waals surface area contributed by atoms with Gasteiger partial charge in [-0.25, -0.2) is 22.6 Å². The Kier molecular flexibility index (Phi) is 3.93. The molecule has 0 fully saturated rings. The summed E-state index contributed by atoms with van der Waals surface area (Å²) in [6, 6.07) is 2.78. The summed E-state index contributed by atoms with van der Waals surface area (Å²) in [7, 11) is -4.07. The van der Waals surface area contributed by atoms with Crippen LogP contribution in [0.4, 0.5) is 10.1 Å². The first kappa shape index (κ1) is 14.7. The van der Waals surface area contributed by atoms with Crippen LogP contribution in [-0.2, 0) is 10.0 Å². The van der Waals surface area contributed by atoms with Crippen LogP contribution in [-0.4, -0.2) is 24.5 Å². The number of carboxylic acids is 1. The van der Waals surface area contributed by atoms with Crippen molar-refractivity contribution >= 4 is 44.6 Å². The minimum Gasteiger partial charge on any atom is -0.478 e. The molecule has 2 rings (SSSR count). The van der Waals surface area contributed by atoms with Crippen LogP contribution in [0.2, 0.25) is 4.47 Å². The molecule has 0 amide bonds. The van der Waals surface area contributed by atoms with E-state index in [-0.39, 0.29) is 14.2 Å². The predicted octanol–water partition coefficient (Wildman–Crippen LogP) is 2.43. The minimum atomic E-state index is -4.07. The van der Waals surface area contributed by atoms with Crippen molar-refractivity contribution in [3.8, 4) is 0 Å². The number of carboxylic acid groups (broad SMARTS) is 1. The van der Waals surface area contributed by atoms with E-state index in [1.165, 1.54) is 0 Å². The lowest BCUT2D eigenvalue weighted by atomic mass is 10.2. The lowest BCUT2D eigenvalue weighted by Gasteiger charge is -2.07. The van der Waals surface area contributed by atoms with Crippen LogP contribution in [0.3, 0.4) is 0 Å². The van der Waals surface area contributed by atoms with Crippen LogP contribution < -0.4 is 4.72 Å². The number of carbonyl (C=O) groups is 1. The fourth-order valence-electron chi connectivity index (χ4n) is 1.29. The largest absolute Gasteiger partial charge is 0.478 e. The highest BCUT2D eigenvalue weighted by atomic mass is 35.5. The standard InChI is InChI=1S/C10H6ClFN2O4S2/c11-10-13-4-8(19-10)20(17,18)14-7-3-5(9(15)16)1-2-6(7)12/h1-4,14H,(H,15,16). The number of thiazole rings is 1. The molecule has 0 aliphatic rings. The van der Waals surface area contributed by atoms with E-state index < -0.39 is 27.5 Å². The topological polar surface area (TPSA) is 96.4 Å². The Morgan fingerprint density at radius 2 is 2.15 bits per heavy atom. The van der Waals surface area contributed by atoms with Crippen molar-refractivity contribution in [3.05, 3.63) is 40.2 Å². The van der Waals surface area contributed by atoms with Crippen LogP contribution in [0.5, 0.6) is 0 Å². The molecule has 1 heterocycles. The molecule has 0 bridgehead atoms. The molecule has 1 aromatic heterocycles. The van der Waals surface area contributed by atoms with Gasteiger partial charge in [0.25, 0.3) is 10.0 Å². The normalized spacial score (nSPS) is 11.3. The number of rotatable bonds is 4. The molecule has 0 aliphatic heterocycles. The number of aromatic carboxylic acids is 1. The molecule has 6 nitrogen and oxygen atoms in total. The van der Waals surface area contributed by atoms with Gasteiger partial charge >= 0.3 is 5.97 Å². The van der Waals surface area contributed by atoms with Crippen LogP contribution in [0, 0.1) is 5.82 Å². The van der Waals surface area contributed by atoms with Crippen molar-refractivity contribution in [2.75, 3.05) is 4.72 Å². The molecule has 0 unspecified atom stereocenters. The molecule has 106 valence electrons. The Balaban J connectivity index is 2.39. The summed E-state index contributed by atoms with van der Waals surface area (Å²) in [6.07, 6.45) is 1.02. The monoisotopic (exact) mass is 336 g/mol. The first-order valence-corrected chi connectivity index (χ1v) is 7.64. The van der Waals surface area contributed by atoms with Crippen LogP contribution >= 0.6 is 22.9 Å². The van der Waals surface area contributed by atoms with E-state index in [1.54, 1.807) is 0 Å². The third-order valence-corrected chi connectivity index (χ3v) is 5.12. The molecule has 2 N–H and O–H groups in total. The van der Waals surface area contributed by atoms with Crippen LogP contribution in [0.25, 0.3) is 0 Å². The van der Waals surface area contributed by atoms with Crippen molar-refractivity contribution in [3.63, 3.8) is 0 Å². The van der Waals surface area contributed by atoms with Crippen LogP contribution in [0.15, 0.2) is 28.6 Å². The third kappa shape index (κ3) is 3.06. The second-order valence-electron chi connectivity index (χ2n) is 3.54. The molecule has 2 aromatic rings. The van der Waals surface area contributed by atoms with E-state index in [4.69, 9.17) is 16.7 Å². The number of nitrogens with one attached hydrogen (secondary N) is 1. The maximum absolute atomic E-state index is 13.5. The van der Waals surface area contributed by atoms with E-state index >= 15 is 0 Å². The molecular weight excluding hydrogens is 331 g/mol. The smallest absolute Gasteiger partial charge is 0.335 e. The van der Waals surface area contributed by atoms with E-state index in [0.717, 1.165) is 24.4 Å². The zero-order valence-corrected chi connectivity index (χ0v) is 11.9. The van der Waals surface area contributed by atoms with Gasteiger partial charge in [-0.05, 0) is 18.2 Å². The van der Waals surface area contributed by atoms with Crippen molar-refractivity contribution < 1.29 is 22.7 Å². The number of anilines is 1.